The Hall–Kier alpha value is -1.76. The molecular weight excluding hydrogens is 384 g/mol. The molecule has 0 aliphatic carbocycles. The van der Waals surface area contributed by atoms with Crippen molar-refractivity contribution >= 4 is 27.3 Å². The number of rotatable bonds is 5. The van der Waals surface area contributed by atoms with Crippen molar-refractivity contribution in [3.63, 3.8) is 0 Å². The monoisotopic (exact) mass is 408 g/mol. The van der Waals surface area contributed by atoms with Gasteiger partial charge in [0.25, 0.3) is 0 Å². The second-order valence-corrected chi connectivity index (χ2v) is 9.33. The number of hydrogen-bond acceptors (Lipinski definition) is 4. The number of piperazine rings is 1. The van der Waals surface area contributed by atoms with Crippen LogP contribution in [0.15, 0.2) is 47.4 Å². The Morgan fingerprint density at radius 1 is 1.00 bits per heavy atom. The number of aryl methyl sites for hydroxylation is 1. The first-order valence-electron chi connectivity index (χ1n) is 9.05. The lowest BCUT2D eigenvalue weighted by molar-refractivity contribution is 0.242. The van der Waals surface area contributed by atoms with Crippen LogP contribution in [-0.4, -0.2) is 45.0 Å². The standard InChI is InChI=1S/C20H25ClN2O3S/c1-15(2)26-18-6-8-19(9-7-18)27(24,25)23-12-10-22(11-13-23)20-14-17(21)5-4-16(20)3/h4-9,14-15H,10-13H2,1-3H3. The number of benzene rings is 2. The third kappa shape index (κ3) is 4.57. The van der Waals surface area contributed by atoms with Gasteiger partial charge in [-0.15, -0.1) is 0 Å². The third-order valence-corrected chi connectivity index (χ3v) is 6.73. The fourth-order valence-corrected chi connectivity index (χ4v) is 4.79. The molecule has 0 aromatic heterocycles. The average molecular weight is 409 g/mol. The minimum atomic E-state index is -3.51. The molecule has 27 heavy (non-hydrogen) atoms. The number of nitrogens with zero attached hydrogens (tertiary/aromatic N) is 2. The average Bonchev–Trinajstić information content (AvgIpc) is 2.64. The zero-order valence-electron chi connectivity index (χ0n) is 15.9. The number of hydrogen-bond donors (Lipinski definition) is 0. The summed E-state index contributed by atoms with van der Waals surface area (Å²) in [5, 5.41) is 0.689. The van der Waals surface area contributed by atoms with Gasteiger partial charge in [-0.05, 0) is 62.7 Å². The van der Waals surface area contributed by atoms with Crippen molar-refractivity contribution in [3.8, 4) is 5.75 Å². The summed E-state index contributed by atoms with van der Waals surface area (Å²) >= 11 is 6.12. The fraction of sp³-hybridized carbons (Fsp3) is 0.400. The number of halogens is 1. The Kier molecular flexibility index (Phi) is 5.99. The quantitative estimate of drug-likeness (QED) is 0.751. The molecule has 0 atom stereocenters. The summed E-state index contributed by atoms with van der Waals surface area (Å²) in [6, 6.07) is 12.4. The minimum absolute atomic E-state index is 0.0514. The Morgan fingerprint density at radius 3 is 2.22 bits per heavy atom. The van der Waals surface area contributed by atoms with Crippen molar-refractivity contribution in [1.82, 2.24) is 4.31 Å². The second kappa shape index (κ2) is 8.09. The van der Waals surface area contributed by atoms with Crippen LogP contribution in [0.25, 0.3) is 0 Å². The summed E-state index contributed by atoms with van der Waals surface area (Å²) in [6.45, 7) is 8.06. The minimum Gasteiger partial charge on any atom is -0.491 e. The van der Waals surface area contributed by atoms with E-state index in [9.17, 15) is 8.42 Å². The predicted octanol–water partition coefficient (Wildman–Crippen LogP) is 3.95. The highest BCUT2D eigenvalue weighted by Gasteiger charge is 2.29. The van der Waals surface area contributed by atoms with Crippen LogP contribution in [0.2, 0.25) is 5.02 Å². The van der Waals surface area contributed by atoms with Gasteiger partial charge in [-0.2, -0.15) is 4.31 Å². The van der Waals surface area contributed by atoms with E-state index in [1.807, 2.05) is 39.0 Å². The molecule has 0 radical (unpaired) electrons. The van der Waals surface area contributed by atoms with Gasteiger partial charge >= 0.3 is 0 Å². The van der Waals surface area contributed by atoms with Crippen LogP contribution < -0.4 is 9.64 Å². The van der Waals surface area contributed by atoms with Gasteiger partial charge in [-0.3, -0.25) is 0 Å². The number of ether oxygens (including phenoxy) is 1. The Morgan fingerprint density at radius 2 is 1.63 bits per heavy atom. The predicted molar refractivity (Wildman–Crippen MR) is 109 cm³/mol. The summed E-state index contributed by atoms with van der Waals surface area (Å²) in [6.07, 6.45) is 0.0514. The van der Waals surface area contributed by atoms with Gasteiger partial charge in [0.2, 0.25) is 10.0 Å². The molecular formula is C20H25ClN2O3S. The van der Waals surface area contributed by atoms with E-state index < -0.39 is 10.0 Å². The molecule has 1 aliphatic heterocycles. The van der Waals surface area contributed by atoms with Gasteiger partial charge < -0.3 is 9.64 Å². The summed E-state index contributed by atoms with van der Waals surface area (Å²) < 4.78 is 33.0. The summed E-state index contributed by atoms with van der Waals surface area (Å²) in [4.78, 5) is 2.48. The smallest absolute Gasteiger partial charge is 0.243 e. The van der Waals surface area contributed by atoms with Crippen LogP contribution in [0.1, 0.15) is 19.4 Å². The summed E-state index contributed by atoms with van der Waals surface area (Å²) in [5.74, 6) is 0.671. The van der Waals surface area contributed by atoms with Crippen LogP contribution in [-0.2, 0) is 10.0 Å². The van der Waals surface area contributed by atoms with Crippen LogP contribution in [0.5, 0.6) is 5.75 Å². The maximum atomic E-state index is 12.9. The number of sulfonamides is 1. The molecule has 1 fully saturated rings. The lowest BCUT2D eigenvalue weighted by atomic mass is 10.1. The molecule has 0 amide bonds. The van der Waals surface area contributed by atoms with Gasteiger partial charge in [-0.25, -0.2) is 8.42 Å². The SMILES string of the molecule is Cc1ccc(Cl)cc1N1CCN(S(=O)(=O)c2ccc(OC(C)C)cc2)CC1. The zero-order chi connectivity index (χ0) is 19.6. The molecule has 7 heteroatoms. The van der Waals surface area contributed by atoms with E-state index in [2.05, 4.69) is 4.90 Å². The Labute approximate surface area is 166 Å². The maximum absolute atomic E-state index is 12.9. The molecule has 3 rings (SSSR count). The molecule has 2 aromatic carbocycles. The highest BCUT2D eigenvalue weighted by molar-refractivity contribution is 7.89. The molecule has 1 saturated heterocycles. The van der Waals surface area contributed by atoms with Gasteiger partial charge in [0.15, 0.2) is 0 Å². The van der Waals surface area contributed by atoms with Crippen LogP contribution in [0, 0.1) is 6.92 Å². The topological polar surface area (TPSA) is 49.9 Å². The van der Waals surface area contributed by atoms with Crippen LogP contribution in [0.3, 0.4) is 0 Å². The van der Waals surface area contributed by atoms with Crippen molar-refractivity contribution in [2.75, 3.05) is 31.1 Å². The van der Waals surface area contributed by atoms with Gasteiger partial charge in [0, 0.05) is 36.9 Å². The van der Waals surface area contributed by atoms with Crippen molar-refractivity contribution in [3.05, 3.63) is 53.1 Å². The maximum Gasteiger partial charge on any atom is 0.243 e. The first kappa shape index (κ1) is 20.0. The van der Waals surface area contributed by atoms with Crippen molar-refractivity contribution in [1.29, 1.82) is 0 Å². The summed E-state index contributed by atoms with van der Waals surface area (Å²) in [7, 11) is -3.51. The molecule has 5 nitrogen and oxygen atoms in total. The van der Waals surface area contributed by atoms with E-state index in [4.69, 9.17) is 16.3 Å². The third-order valence-electron chi connectivity index (χ3n) is 4.58. The highest BCUT2D eigenvalue weighted by Crippen LogP contribution is 2.27. The molecule has 146 valence electrons. The molecule has 1 heterocycles. The van der Waals surface area contributed by atoms with Gasteiger partial charge in [0.05, 0.1) is 11.0 Å². The van der Waals surface area contributed by atoms with Crippen molar-refractivity contribution in [2.45, 2.75) is 31.8 Å². The van der Waals surface area contributed by atoms with E-state index in [0.29, 0.717) is 41.8 Å². The van der Waals surface area contributed by atoms with E-state index in [0.717, 1.165) is 11.3 Å². The largest absolute Gasteiger partial charge is 0.491 e. The Bertz CT molecular complexity index is 890. The van der Waals surface area contributed by atoms with Crippen molar-refractivity contribution < 1.29 is 13.2 Å². The van der Waals surface area contributed by atoms with E-state index in [-0.39, 0.29) is 6.10 Å². The molecule has 0 saturated carbocycles. The highest BCUT2D eigenvalue weighted by atomic mass is 35.5. The first-order valence-corrected chi connectivity index (χ1v) is 10.9. The van der Waals surface area contributed by atoms with E-state index in [1.165, 1.54) is 0 Å². The second-order valence-electron chi connectivity index (χ2n) is 6.96. The molecule has 0 unspecified atom stereocenters. The van der Waals surface area contributed by atoms with Crippen LogP contribution >= 0.6 is 11.6 Å². The fourth-order valence-electron chi connectivity index (χ4n) is 3.20. The molecule has 0 bridgehead atoms. The zero-order valence-corrected chi connectivity index (χ0v) is 17.4. The lowest BCUT2D eigenvalue weighted by Crippen LogP contribution is -2.48. The number of anilines is 1. The van der Waals surface area contributed by atoms with Gasteiger partial charge in [-0.1, -0.05) is 17.7 Å². The van der Waals surface area contributed by atoms with Crippen LogP contribution in [0.4, 0.5) is 5.69 Å². The Balaban J connectivity index is 1.70. The van der Waals surface area contributed by atoms with E-state index >= 15 is 0 Å². The summed E-state index contributed by atoms with van der Waals surface area (Å²) in [5.41, 5.74) is 2.20. The van der Waals surface area contributed by atoms with Gasteiger partial charge in [0.1, 0.15) is 5.75 Å². The lowest BCUT2D eigenvalue weighted by Gasteiger charge is -2.36. The first-order chi connectivity index (χ1) is 12.8. The molecule has 2 aromatic rings. The van der Waals surface area contributed by atoms with Crippen molar-refractivity contribution in [2.24, 2.45) is 0 Å². The molecule has 0 spiro atoms. The van der Waals surface area contributed by atoms with E-state index in [1.54, 1.807) is 28.6 Å². The normalized spacial score (nSPS) is 16.0. The molecule has 1 aliphatic rings. The molecule has 0 N–H and O–H groups in total.